The number of hydrogen-bond acceptors (Lipinski definition) is 5. The third-order valence-corrected chi connectivity index (χ3v) is 3.34. The molecule has 0 bridgehead atoms. The number of anilines is 2. The van der Waals surface area contributed by atoms with Crippen LogP contribution in [0.15, 0.2) is 30.5 Å². The highest BCUT2D eigenvalue weighted by molar-refractivity contribution is 6.31. The number of nitro benzene ring substituents is 1. The summed E-state index contributed by atoms with van der Waals surface area (Å²) < 4.78 is 38.4. The Morgan fingerprint density at radius 3 is 2.52 bits per heavy atom. The van der Waals surface area contributed by atoms with Gasteiger partial charge in [-0.2, -0.15) is 13.2 Å². The molecule has 2 rings (SSSR count). The highest BCUT2D eigenvalue weighted by atomic mass is 35.5. The molecule has 0 saturated heterocycles. The van der Waals surface area contributed by atoms with Gasteiger partial charge >= 0.3 is 12.1 Å². The molecular formula is C14H9ClF3N3O4. The zero-order valence-corrected chi connectivity index (χ0v) is 12.9. The van der Waals surface area contributed by atoms with E-state index < -0.39 is 33.3 Å². The summed E-state index contributed by atoms with van der Waals surface area (Å²) in [6, 6.07) is 3.90. The number of rotatable bonds is 5. The van der Waals surface area contributed by atoms with Gasteiger partial charge in [-0.1, -0.05) is 11.6 Å². The first-order valence-electron chi connectivity index (χ1n) is 6.57. The number of pyridine rings is 1. The Kier molecular flexibility index (Phi) is 5.12. The van der Waals surface area contributed by atoms with Gasteiger partial charge < -0.3 is 10.4 Å². The molecule has 1 aromatic carbocycles. The van der Waals surface area contributed by atoms with Crippen molar-refractivity contribution in [2.24, 2.45) is 0 Å². The van der Waals surface area contributed by atoms with Gasteiger partial charge in [-0.15, -0.1) is 0 Å². The summed E-state index contributed by atoms with van der Waals surface area (Å²) in [6.45, 7) is 0. The first-order chi connectivity index (χ1) is 11.6. The number of nitrogens with one attached hydrogen (secondary N) is 1. The number of hydrogen-bond donors (Lipinski definition) is 2. The minimum absolute atomic E-state index is 0.216. The van der Waals surface area contributed by atoms with Crippen LogP contribution in [-0.4, -0.2) is 21.0 Å². The van der Waals surface area contributed by atoms with Crippen molar-refractivity contribution in [2.45, 2.75) is 12.6 Å². The van der Waals surface area contributed by atoms with Crippen molar-refractivity contribution < 1.29 is 28.0 Å². The predicted molar refractivity (Wildman–Crippen MR) is 82.0 cm³/mol. The Morgan fingerprint density at radius 1 is 1.36 bits per heavy atom. The van der Waals surface area contributed by atoms with E-state index in [0.717, 1.165) is 6.07 Å². The molecule has 132 valence electrons. The lowest BCUT2D eigenvalue weighted by Crippen LogP contribution is -2.08. The topological polar surface area (TPSA) is 105 Å². The smallest absolute Gasteiger partial charge is 0.418 e. The van der Waals surface area contributed by atoms with E-state index in [4.69, 9.17) is 16.7 Å². The zero-order chi connectivity index (χ0) is 18.8. The average molecular weight is 376 g/mol. The Labute approximate surface area is 143 Å². The van der Waals surface area contributed by atoms with Crippen molar-refractivity contribution in [3.8, 4) is 0 Å². The van der Waals surface area contributed by atoms with Gasteiger partial charge in [0.05, 0.1) is 39.5 Å². The molecule has 0 spiro atoms. The third-order valence-electron chi connectivity index (χ3n) is 3.02. The summed E-state index contributed by atoms with van der Waals surface area (Å²) in [6.07, 6.45) is -3.94. The minimum atomic E-state index is -4.83. The van der Waals surface area contributed by atoms with Crippen LogP contribution in [0.4, 0.5) is 30.2 Å². The number of carbonyl (C=O) groups is 1. The molecule has 7 nitrogen and oxygen atoms in total. The molecule has 0 aliphatic rings. The summed E-state index contributed by atoms with van der Waals surface area (Å²) in [4.78, 5) is 24.5. The molecule has 0 unspecified atom stereocenters. The quantitative estimate of drug-likeness (QED) is 0.603. The average Bonchev–Trinajstić information content (AvgIpc) is 2.47. The van der Waals surface area contributed by atoms with Gasteiger partial charge in [0.15, 0.2) is 0 Å². The van der Waals surface area contributed by atoms with Crippen LogP contribution in [0, 0.1) is 10.1 Å². The number of carboxylic acids is 1. The van der Waals surface area contributed by atoms with Crippen molar-refractivity contribution in [2.75, 3.05) is 5.32 Å². The molecule has 0 radical (unpaired) electrons. The Morgan fingerprint density at radius 2 is 2.04 bits per heavy atom. The highest BCUT2D eigenvalue weighted by Crippen LogP contribution is 2.40. The fourth-order valence-corrected chi connectivity index (χ4v) is 2.21. The van der Waals surface area contributed by atoms with Crippen molar-refractivity contribution in [3.05, 3.63) is 56.9 Å². The second kappa shape index (κ2) is 6.93. The third kappa shape index (κ3) is 4.57. The number of carboxylic acid groups (broad SMARTS) is 1. The van der Waals surface area contributed by atoms with E-state index in [1.165, 1.54) is 18.3 Å². The van der Waals surface area contributed by atoms with Crippen molar-refractivity contribution in [1.29, 1.82) is 0 Å². The summed E-state index contributed by atoms with van der Waals surface area (Å²) >= 11 is 5.58. The highest BCUT2D eigenvalue weighted by Gasteiger charge is 2.36. The molecule has 11 heteroatoms. The van der Waals surface area contributed by atoms with E-state index >= 15 is 0 Å². The number of benzene rings is 1. The number of alkyl halides is 3. The van der Waals surface area contributed by atoms with Gasteiger partial charge in [-0.25, -0.2) is 0 Å². The summed E-state index contributed by atoms with van der Waals surface area (Å²) in [5.41, 5.74) is -1.92. The molecule has 0 amide bonds. The second-order valence-electron chi connectivity index (χ2n) is 4.84. The fourth-order valence-electron chi connectivity index (χ4n) is 1.94. The van der Waals surface area contributed by atoms with Crippen LogP contribution in [-0.2, 0) is 17.4 Å². The van der Waals surface area contributed by atoms with Gasteiger partial charge in [0, 0.05) is 6.07 Å². The maximum atomic E-state index is 12.8. The molecule has 0 aliphatic heterocycles. The van der Waals surface area contributed by atoms with Gasteiger partial charge in [0.2, 0.25) is 0 Å². The molecule has 0 fully saturated rings. The number of nitro groups is 1. The number of halogens is 4. The number of aromatic nitrogens is 1. The van der Waals surface area contributed by atoms with Gasteiger partial charge in [-0.05, 0) is 18.2 Å². The van der Waals surface area contributed by atoms with E-state index in [2.05, 4.69) is 10.3 Å². The van der Waals surface area contributed by atoms with Crippen LogP contribution < -0.4 is 5.32 Å². The lowest BCUT2D eigenvalue weighted by molar-refractivity contribution is -0.384. The lowest BCUT2D eigenvalue weighted by Gasteiger charge is -2.12. The van der Waals surface area contributed by atoms with Crippen LogP contribution in [0.2, 0.25) is 5.02 Å². The van der Waals surface area contributed by atoms with Crippen molar-refractivity contribution >= 4 is 34.6 Å². The first-order valence-corrected chi connectivity index (χ1v) is 6.94. The summed E-state index contributed by atoms with van der Waals surface area (Å²) in [5.74, 6) is -1.08. The van der Waals surface area contributed by atoms with Crippen LogP contribution in [0.3, 0.4) is 0 Å². The molecule has 1 aromatic heterocycles. The summed E-state index contributed by atoms with van der Waals surface area (Å²) in [5, 5.41) is 21.6. The van der Waals surface area contributed by atoms with E-state index in [1.54, 1.807) is 0 Å². The van der Waals surface area contributed by atoms with Crippen LogP contribution in [0.5, 0.6) is 0 Å². The number of nitrogens with zero attached hydrogens (tertiary/aromatic N) is 2. The van der Waals surface area contributed by atoms with Crippen molar-refractivity contribution in [3.63, 3.8) is 0 Å². The molecule has 0 aliphatic carbocycles. The van der Waals surface area contributed by atoms with Gasteiger partial charge in [-0.3, -0.25) is 19.9 Å². The minimum Gasteiger partial charge on any atom is -0.481 e. The standard InChI is InChI=1S/C14H9ClF3N3O4/c15-10-5-11(12(21(24)25)4-9(10)14(16,17)18)20-8-2-1-7(19-6-8)3-13(22)23/h1-2,4-6,20H,3H2,(H,22,23). The fraction of sp³-hybridized carbons (Fsp3) is 0.143. The maximum absolute atomic E-state index is 12.8. The lowest BCUT2D eigenvalue weighted by atomic mass is 10.1. The monoisotopic (exact) mass is 375 g/mol. The van der Waals surface area contributed by atoms with Gasteiger partial charge in [0.25, 0.3) is 5.69 Å². The molecule has 2 N–H and O–H groups in total. The largest absolute Gasteiger partial charge is 0.481 e. The van der Waals surface area contributed by atoms with E-state index in [-0.39, 0.29) is 23.5 Å². The molecule has 2 aromatic rings. The van der Waals surface area contributed by atoms with Crippen LogP contribution >= 0.6 is 11.6 Å². The molecular weight excluding hydrogens is 367 g/mol. The van der Waals surface area contributed by atoms with E-state index in [9.17, 15) is 28.1 Å². The van der Waals surface area contributed by atoms with Crippen molar-refractivity contribution in [1.82, 2.24) is 4.98 Å². The van der Waals surface area contributed by atoms with E-state index in [1.807, 2.05) is 0 Å². The Hall–Kier alpha value is -2.88. The SMILES string of the molecule is O=C(O)Cc1ccc(Nc2cc(Cl)c(C(F)(F)F)cc2[N+](=O)[O-])cn1. The molecule has 1 heterocycles. The normalized spacial score (nSPS) is 11.2. The molecule has 0 saturated carbocycles. The molecule has 25 heavy (non-hydrogen) atoms. The number of aliphatic carboxylic acids is 1. The Balaban J connectivity index is 2.37. The van der Waals surface area contributed by atoms with Gasteiger partial charge in [0.1, 0.15) is 5.69 Å². The van der Waals surface area contributed by atoms with Crippen LogP contribution in [0.25, 0.3) is 0 Å². The predicted octanol–water partition coefficient (Wildman–Crippen LogP) is 4.03. The maximum Gasteiger partial charge on any atom is 0.418 e. The zero-order valence-electron chi connectivity index (χ0n) is 12.2. The first kappa shape index (κ1) is 18.5. The van der Waals surface area contributed by atoms with E-state index in [0.29, 0.717) is 6.07 Å². The molecule has 0 atom stereocenters. The second-order valence-corrected chi connectivity index (χ2v) is 5.24. The summed E-state index contributed by atoms with van der Waals surface area (Å²) in [7, 11) is 0. The van der Waals surface area contributed by atoms with Crippen LogP contribution in [0.1, 0.15) is 11.3 Å². The Bertz CT molecular complexity index is 825.